The number of esters is 1. The fourth-order valence-electron chi connectivity index (χ4n) is 4.68. The number of nitrogens with two attached hydrogens (primary N) is 2. The molecule has 0 atom stereocenters. The van der Waals surface area contributed by atoms with E-state index >= 15 is 0 Å². The maximum absolute atomic E-state index is 14.8. The monoisotopic (exact) mass is 624 g/mol. The molecule has 46 heavy (non-hydrogen) atoms. The summed E-state index contributed by atoms with van der Waals surface area (Å²) in [4.78, 5) is 12.7. The molecule has 4 aromatic carbocycles. The molecule has 7 nitrogen and oxygen atoms in total. The second kappa shape index (κ2) is 15.6. The molecule has 237 valence electrons. The van der Waals surface area contributed by atoms with Crippen LogP contribution in [0, 0.1) is 23.7 Å². The molecule has 4 aromatic rings. The molecule has 0 aliphatic rings. The van der Waals surface area contributed by atoms with Gasteiger partial charge in [-0.2, -0.15) is 14.0 Å². The van der Waals surface area contributed by atoms with Crippen LogP contribution in [0.2, 0.25) is 0 Å². The van der Waals surface area contributed by atoms with Gasteiger partial charge in [0.15, 0.2) is 0 Å². The SMILES string of the molecule is [CH2]C(COC(=O)/C=C/c1ccc(OC(F)(F)c2ccc(OCCCC#N)cc2)cc1)(Cc1ccc(N)cc1)Cc1ccc(N)cc1. The van der Waals surface area contributed by atoms with Gasteiger partial charge in [0.2, 0.25) is 0 Å². The molecule has 0 saturated carbocycles. The first kappa shape index (κ1) is 33.5. The number of nitriles is 1. The molecule has 4 rings (SSSR count). The number of anilines is 2. The third-order valence-electron chi connectivity index (χ3n) is 7.07. The van der Waals surface area contributed by atoms with Crippen LogP contribution in [0.25, 0.3) is 6.08 Å². The third-order valence-corrected chi connectivity index (χ3v) is 7.07. The summed E-state index contributed by atoms with van der Waals surface area (Å²) in [5.41, 5.74) is 14.6. The highest BCUT2D eigenvalue weighted by Crippen LogP contribution is 2.33. The Bertz CT molecular complexity index is 1580. The summed E-state index contributed by atoms with van der Waals surface area (Å²) in [7, 11) is 0. The van der Waals surface area contributed by atoms with Crippen LogP contribution in [0.3, 0.4) is 0 Å². The van der Waals surface area contributed by atoms with Gasteiger partial charge in [-0.25, -0.2) is 4.79 Å². The number of nitrogen functional groups attached to an aromatic ring is 2. The Labute approximate surface area is 268 Å². The Kier molecular flexibility index (Phi) is 11.4. The van der Waals surface area contributed by atoms with E-state index in [1.54, 1.807) is 12.1 Å². The number of carbonyl (C=O) groups excluding carboxylic acids is 1. The van der Waals surface area contributed by atoms with Gasteiger partial charge in [0.05, 0.1) is 24.8 Å². The van der Waals surface area contributed by atoms with Gasteiger partial charge < -0.3 is 25.7 Å². The average molecular weight is 625 g/mol. The molecular weight excluding hydrogens is 588 g/mol. The summed E-state index contributed by atoms with van der Waals surface area (Å²) in [5.74, 6) is -0.183. The van der Waals surface area contributed by atoms with Gasteiger partial charge in [-0.3, -0.25) is 0 Å². The molecule has 0 unspecified atom stereocenters. The lowest BCUT2D eigenvalue weighted by atomic mass is 9.79. The van der Waals surface area contributed by atoms with Gasteiger partial charge in [0.1, 0.15) is 11.5 Å². The fraction of sp³-hybridized carbons (Fsp3) is 0.216. The molecule has 9 heteroatoms. The summed E-state index contributed by atoms with van der Waals surface area (Å²) in [6.07, 6.45) is 1.23. The largest absolute Gasteiger partial charge is 0.494 e. The quantitative estimate of drug-likeness (QED) is 0.0607. The second-order valence-corrected chi connectivity index (χ2v) is 11.1. The van der Waals surface area contributed by atoms with Gasteiger partial charge >= 0.3 is 12.1 Å². The molecule has 0 saturated heterocycles. The molecule has 0 fully saturated rings. The Morgan fingerprint density at radius 1 is 0.826 bits per heavy atom. The predicted octanol–water partition coefficient (Wildman–Crippen LogP) is 7.52. The maximum atomic E-state index is 14.8. The normalized spacial score (nSPS) is 11.6. The number of alkyl halides is 2. The lowest BCUT2D eigenvalue weighted by molar-refractivity contribution is -0.185. The van der Waals surface area contributed by atoms with E-state index in [1.807, 2.05) is 54.6 Å². The van der Waals surface area contributed by atoms with Crippen molar-refractivity contribution in [2.75, 3.05) is 24.7 Å². The van der Waals surface area contributed by atoms with Gasteiger partial charge in [-0.1, -0.05) is 36.4 Å². The highest BCUT2D eigenvalue weighted by Gasteiger charge is 2.34. The van der Waals surface area contributed by atoms with Crippen molar-refractivity contribution in [1.82, 2.24) is 0 Å². The molecule has 0 aliphatic heterocycles. The Balaban J connectivity index is 1.33. The molecule has 0 heterocycles. The van der Waals surface area contributed by atoms with Crippen molar-refractivity contribution < 1.29 is 27.8 Å². The van der Waals surface area contributed by atoms with Crippen LogP contribution in [0.15, 0.2) is 103 Å². The van der Waals surface area contributed by atoms with Crippen molar-refractivity contribution in [3.63, 3.8) is 0 Å². The molecular formula is C37H36F2N3O4. The lowest BCUT2D eigenvalue weighted by Gasteiger charge is -2.29. The highest BCUT2D eigenvalue weighted by atomic mass is 19.3. The number of rotatable bonds is 15. The van der Waals surface area contributed by atoms with E-state index in [2.05, 4.69) is 6.92 Å². The van der Waals surface area contributed by atoms with Gasteiger partial charge in [-0.05, 0) is 110 Å². The van der Waals surface area contributed by atoms with E-state index in [0.717, 1.165) is 11.1 Å². The minimum absolute atomic E-state index is 0.0475. The van der Waals surface area contributed by atoms with E-state index < -0.39 is 17.5 Å². The summed E-state index contributed by atoms with van der Waals surface area (Å²) in [6.45, 7) is 4.80. The Morgan fingerprint density at radius 3 is 1.91 bits per heavy atom. The van der Waals surface area contributed by atoms with E-state index in [1.165, 1.54) is 48.6 Å². The van der Waals surface area contributed by atoms with E-state index in [4.69, 9.17) is 30.9 Å². The summed E-state index contributed by atoms with van der Waals surface area (Å²) in [5, 5.41) is 8.57. The van der Waals surface area contributed by atoms with Gasteiger partial charge in [-0.15, -0.1) is 0 Å². The predicted molar refractivity (Wildman–Crippen MR) is 175 cm³/mol. The highest BCUT2D eigenvalue weighted by molar-refractivity contribution is 5.87. The second-order valence-electron chi connectivity index (χ2n) is 11.1. The number of benzene rings is 4. The smallest absolute Gasteiger partial charge is 0.426 e. The zero-order chi connectivity index (χ0) is 33.0. The first-order chi connectivity index (χ1) is 22.0. The number of carbonyl (C=O) groups is 1. The topological polar surface area (TPSA) is 121 Å². The van der Waals surface area contributed by atoms with Crippen molar-refractivity contribution in [3.05, 3.63) is 132 Å². The van der Waals surface area contributed by atoms with Crippen molar-refractivity contribution in [1.29, 1.82) is 5.26 Å². The number of nitrogens with zero attached hydrogens (tertiary/aromatic N) is 1. The van der Waals surface area contributed by atoms with E-state index in [9.17, 15) is 13.6 Å². The summed E-state index contributed by atoms with van der Waals surface area (Å²) in [6, 6.07) is 28.2. The number of halogens is 2. The Morgan fingerprint density at radius 2 is 1.37 bits per heavy atom. The molecule has 0 aromatic heterocycles. The molecule has 0 bridgehead atoms. The average Bonchev–Trinajstić information content (AvgIpc) is 3.04. The molecule has 1 radical (unpaired) electrons. The number of unbranched alkanes of at least 4 members (excludes halogenated alkanes) is 1. The Hall–Kier alpha value is -5.36. The van der Waals surface area contributed by atoms with Crippen LogP contribution in [-0.4, -0.2) is 19.2 Å². The minimum atomic E-state index is -3.58. The number of hydrogen-bond acceptors (Lipinski definition) is 7. The molecule has 0 aliphatic carbocycles. The van der Waals surface area contributed by atoms with Crippen molar-refractivity contribution in [2.45, 2.75) is 31.8 Å². The number of ether oxygens (including phenoxy) is 3. The number of hydrogen-bond donors (Lipinski definition) is 2. The first-order valence-electron chi connectivity index (χ1n) is 14.7. The lowest BCUT2D eigenvalue weighted by Crippen LogP contribution is -2.30. The maximum Gasteiger partial charge on any atom is 0.426 e. The fourth-order valence-corrected chi connectivity index (χ4v) is 4.68. The van der Waals surface area contributed by atoms with Gasteiger partial charge in [0, 0.05) is 29.3 Å². The van der Waals surface area contributed by atoms with Crippen LogP contribution in [0.5, 0.6) is 11.5 Å². The van der Waals surface area contributed by atoms with Crippen LogP contribution in [-0.2, 0) is 28.5 Å². The van der Waals surface area contributed by atoms with Crippen LogP contribution in [0.1, 0.15) is 35.1 Å². The van der Waals surface area contributed by atoms with Crippen LogP contribution >= 0.6 is 0 Å². The van der Waals surface area contributed by atoms with E-state index in [0.29, 0.717) is 55.0 Å². The molecule has 0 spiro atoms. The minimum Gasteiger partial charge on any atom is -0.494 e. The standard InChI is InChI=1S/C37H36F2N3O4/c1-36(24-28-4-13-31(41)14-5-28,25-29-6-15-32(42)16-7-29)26-45-35(43)21-10-27-8-17-34(18-9-27)46-37(38,39)30-11-19-33(20-12-30)44-23-3-2-22-40/h4-21H,1-3,23-26,41-42H2/b21-10+. The molecule has 4 N–H and O–H groups in total. The summed E-state index contributed by atoms with van der Waals surface area (Å²) < 4.78 is 45.6. The zero-order valence-corrected chi connectivity index (χ0v) is 25.3. The van der Waals surface area contributed by atoms with Gasteiger partial charge in [0.25, 0.3) is 0 Å². The van der Waals surface area contributed by atoms with Crippen molar-refractivity contribution in [2.24, 2.45) is 5.41 Å². The van der Waals surface area contributed by atoms with Crippen LogP contribution in [0.4, 0.5) is 20.2 Å². The molecule has 0 amide bonds. The van der Waals surface area contributed by atoms with Crippen LogP contribution < -0.4 is 20.9 Å². The summed E-state index contributed by atoms with van der Waals surface area (Å²) >= 11 is 0. The van der Waals surface area contributed by atoms with Crippen molar-refractivity contribution in [3.8, 4) is 17.6 Å². The van der Waals surface area contributed by atoms with E-state index in [-0.39, 0.29) is 17.9 Å². The van der Waals surface area contributed by atoms with Crippen molar-refractivity contribution >= 4 is 23.4 Å². The third kappa shape index (κ3) is 10.4. The zero-order valence-electron chi connectivity index (χ0n) is 25.3. The first-order valence-corrected chi connectivity index (χ1v) is 14.7.